The second kappa shape index (κ2) is 12.2. The van der Waals surface area contributed by atoms with E-state index in [1.807, 2.05) is 19.1 Å². The molecule has 0 aliphatic rings. The summed E-state index contributed by atoms with van der Waals surface area (Å²) in [5, 5.41) is 2.80. The number of sulfonamides is 1. The lowest BCUT2D eigenvalue weighted by Gasteiger charge is -2.24. The third-order valence-electron chi connectivity index (χ3n) is 5.74. The van der Waals surface area contributed by atoms with Crippen molar-refractivity contribution < 1.29 is 22.3 Å². The largest absolute Gasteiger partial charge is 0.489 e. The van der Waals surface area contributed by atoms with Gasteiger partial charge < -0.3 is 10.1 Å². The highest BCUT2D eigenvalue weighted by molar-refractivity contribution is 9.10. The second-order valence-electron chi connectivity index (χ2n) is 8.64. The van der Waals surface area contributed by atoms with Crippen LogP contribution in [-0.4, -0.2) is 20.9 Å². The number of ether oxygens (including phenoxy) is 1. The third kappa shape index (κ3) is 7.20. The van der Waals surface area contributed by atoms with Crippen LogP contribution in [0.25, 0.3) is 0 Å². The van der Waals surface area contributed by atoms with Crippen LogP contribution in [0.2, 0.25) is 0 Å². The summed E-state index contributed by atoms with van der Waals surface area (Å²) in [5.74, 6) is -0.108. The van der Waals surface area contributed by atoms with Crippen molar-refractivity contribution in [3.63, 3.8) is 0 Å². The molecule has 0 unspecified atom stereocenters. The second-order valence-corrected chi connectivity index (χ2v) is 11.4. The summed E-state index contributed by atoms with van der Waals surface area (Å²) in [6.45, 7) is 2.02. The first-order chi connectivity index (χ1) is 18.2. The number of rotatable bonds is 10. The minimum absolute atomic E-state index is 0.107. The van der Waals surface area contributed by atoms with Crippen molar-refractivity contribution in [1.29, 1.82) is 0 Å². The van der Waals surface area contributed by atoms with Gasteiger partial charge in [0.25, 0.3) is 10.0 Å². The van der Waals surface area contributed by atoms with Gasteiger partial charge in [-0.1, -0.05) is 57.9 Å². The first-order valence-electron chi connectivity index (χ1n) is 11.8. The van der Waals surface area contributed by atoms with Gasteiger partial charge in [0, 0.05) is 11.0 Å². The molecule has 0 saturated carbocycles. The molecule has 0 bridgehead atoms. The Kier molecular flexibility index (Phi) is 8.81. The fourth-order valence-corrected chi connectivity index (χ4v) is 5.28. The first-order valence-corrected chi connectivity index (χ1v) is 14.0. The van der Waals surface area contributed by atoms with E-state index in [1.54, 1.807) is 60.7 Å². The molecule has 0 spiro atoms. The van der Waals surface area contributed by atoms with E-state index in [1.165, 1.54) is 24.3 Å². The van der Waals surface area contributed by atoms with Crippen molar-refractivity contribution in [2.75, 3.05) is 10.8 Å². The highest BCUT2D eigenvalue weighted by Gasteiger charge is 2.27. The number of nitrogens with one attached hydrogen (secondary N) is 1. The lowest BCUT2D eigenvalue weighted by Crippen LogP contribution is -2.40. The maximum Gasteiger partial charge on any atom is 0.264 e. The Morgan fingerprint density at radius 3 is 2.11 bits per heavy atom. The molecule has 38 heavy (non-hydrogen) atoms. The van der Waals surface area contributed by atoms with Crippen LogP contribution < -0.4 is 14.4 Å². The van der Waals surface area contributed by atoms with Gasteiger partial charge >= 0.3 is 0 Å². The van der Waals surface area contributed by atoms with E-state index in [9.17, 15) is 17.6 Å². The molecule has 0 heterocycles. The number of nitrogens with zero attached hydrogens (tertiary/aromatic N) is 1. The van der Waals surface area contributed by atoms with E-state index in [2.05, 4.69) is 21.2 Å². The Bertz CT molecular complexity index is 1480. The number of carbonyl (C=O) groups is 1. The monoisotopic (exact) mass is 596 g/mol. The number of benzene rings is 4. The van der Waals surface area contributed by atoms with Crippen LogP contribution in [0.1, 0.15) is 16.7 Å². The average molecular weight is 598 g/mol. The van der Waals surface area contributed by atoms with E-state index in [0.29, 0.717) is 18.0 Å². The number of aryl methyl sites for hydroxylation is 1. The summed E-state index contributed by atoms with van der Waals surface area (Å²) < 4.78 is 47.6. The molecule has 0 saturated heterocycles. The summed E-state index contributed by atoms with van der Waals surface area (Å²) in [7, 11) is -3.98. The zero-order valence-corrected chi connectivity index (χ0v) is 23.0. The molecule has 9 heteroatoms. The normalized spacial score (nSPS) is 11.1. The van der Waals surface area contributed by atoms with Crippen LogP contribution in [-0.2, 0) is 28.0 Å². The molecule has 4 aromatic carbocycles. The van der Waals surface area contributed by atoms with Crippen LogP contribution in [0.5, 0.6) is 5.75 Å². The molecule has 0 aliphatic heterocycles. The molecule has 1 N–H and O–H groups in total. The zero-order chi connectivity index (χ0) is 27.1. The third-order valence-corrected chi connectivity index (χ3v) is 8.06. The lowest BCUT2D eigenvalue weighted by atomic mass is 10.2. The van der Waals surface area contributed by atoms with Crippen LogP contribution in [0.3, 0.4) is 0 Å². The quantitative estimate of drug-likeness (QED) is 0.244. The highest BCUT2D eigenvalue weighted by atomic mass is 79.9. The molecule has 0 aliphatic carbocycles. The van der Waals surface area contributed by atoms with Crippen molar-refractivity contribution >= 4 is 37.5 Å². The number of hydrogen-bond acceptors (Lipinski definition) is 4. The van der Waals surface area contributed by atoms with E-state index in [0.717, 1.165) is 25.5 Å². The zero-order valence-electron chi connectivity index (χ0n) is 20.6. The maximum atomic E-state index is 13.5. The molecule has 4 rings (SSSR count). The van der Waals surface area contributed by atoms with E-state index in [-0.39, 0.29) is 23.8 Å². The fraction of sp³-hybridized carbons (Fsp3) is 0.138. The van der Waals surface area contributed by atoms with Crippen molar-refractivity contribution in [3.05, 3.63) is 124 Å². The molecule has 1 amide bonds. The Labute approximate surface area is 230 Å². The average Bonchev–Trinajstić information content (AvgIpc) is 2.91. The summed E-state index contributed by atoms with van der Waals surface area (Å²) in [6, 6.07) is 26.5. The van der Waals surface area contributed by atoms with Crippen molar-refractivity contribution in [1.82, 2.24) is 5.32 Å². The topological polar surface area (TPSA) is 75.7 Å². The van der Waals surface area contributed by atoms with Gasteiger partial charge in [-0.15, -0.1) is 0 Å². The van der Waals surface area contributed by atoms with Crippen molar-refractivity contribution in [2.24, 2.45) is 0 Å². The molecule has 4 aromatic rings. The van der Waals surface area contributed by atoms with Gasteiger partial charge in [-0.3, -0.25) is 9.10 Å². The number of amides is 1. The molecule has 6 nitrogen and oxygen atoms in total. The smallest absolute Gasteiger partial charge is 0.264 e. The fourth-order valence-electron chi connectivity index (χ4n) is 3.60. The molecule has 0 atom stereocenters. The number of carbonyl (C=O) groups excluding carboxylic acids is 1. The first kappa shape index (κ1) is 27.3. The van der Waals surface area contributed by atoms with Gasteiger partial charge in [-0.05, 0) is 78.7 Å². The molecule has 0 radical (unpaired) electrons. The number of hydrogen-bond donors (Lipinski definition) is 1. The lowest BCUT2D eigenvalue weighted by molar-refractivity contribution is -0.119. The van der Waals surface area contributed by atoms with Gasteiger partial charge in [0.05, 0.1) is 10.6 Å². The van der Waals surface area contributed by atoms with E-state index < -0.39 is 15.9 Å². The minimum atomic E-state index is -3.98. The van der Waals surface area contributed by atoms with Crippen molar-refractivity contribution in [3.8, 4) is 5.75 Å². The highest BCUT2D eigenvalue weighted by Crippen LogP contribution is 2.25. The van der Waals surface area contributed by atoms with Gasteiger partial charge in [-0.2, -0.15) is 0 Å². The predicted molar refractivity (Wildman–Crippen MR) is 149 cm³/mol. The minimum Gasteiger partial charge on any atom is -0.489 e. The molecule has 196 valence electrons. The summed E-state index contributed by atoms with van der Waals surface area (Å²) in [5.41, 5.74) is 2.98. The molecule has 0 fully saturated rings. The molecular formula is C29H26BrFN2O4S. The van der Waals surface area contributed by atoms with Crippen LogP contribution in [0, 0.1) is 12.7 Å². The van der Waals surface area contributed by atoms with Gasteiger partial charge in [0.15, 0.2) is 0 Å². The Morgan fingerprint density at radius 1 is 0.868 bits per heavy atom. The molecule has 0 aromatic heterocycles. The van der Waals surface area contributed by atoms with Crippen LogP contribution >= 0.6 is 15.9 Å². The number of anilines is 1. The maximum absolute atomic E-state index is 13.5. The Hall–Kier alpha value is -3.69. The standard InChI is InChI=1S/C29H26BrFN2O4S/c1-21-2-16-28(17-3-21)38(35,36)33(26-12-8-24(30)9-13-26)19-29(34)32-18-22-6-14-27(15-7-22)37-20-23-4-10-25(31)11-5-23/h2-17H,18-20H2,1H3,(H,32,34). The van der Waals surface area contributed by atoms with Gasteiger partial charge in [0.2, 0.25) is 5.91 Å². The number of halogens is 2. The van der Waals surface area contributed by atoms with Crippen LogP contribution in [0.15, 0.2) is 106 Å². The van der Waals surface area contributed by atoms with E-state index in [4.69, 9.17) is 4.74 Å². The van der Waals surface area contributed by atoms with Gasteiger partial charge in [0.1, 0.15) is 24.7 Å². The van der Waals surface area contributed by atoms with Crippen LogP contribution in [0.4, 0.5) is 10.1 Å². The summed E-state index contributed by atoms with van der Waals surface area (Å²) >= 11 is 3.36. The Morgan fingerprint density at radius 2 is 1.47 bits per heavy atom. The summed E-state index contributed by atoms with van der Waals surface area (Å²) in [6.07, 6.45) is 0. The van der Waals surface area contributed by atoms with E-state index >= 15 is 0 Å². The SMILES string of the molecule is Cc1ccc(S(=O)(=O)N(CC(=O)NCc2ccc(OCc3ccc(F)cc3)cc2)c2ccc(Br)cc2)cc1. The summed E-state index contributed by atoms with van der Waals surface area (Å²) in [4.78, 5) is 13.0. The molecular weight excluding hydrogens is 571 g/mol. The Balaban J connectivity index is 1.40. The predicted octanol–water partition coefficient (Wildman–Crippen LogP) is 5.99. The van der Waals surface area contributed by atoms with Crippen molar-refractivity contribution in [2.45, 2.75) is 25.0 Å². The van der Waals surface area contributed by atoms with Gasteiger partial charge in [-0.25, -0.2) is 12.8 Å².